The van der Waals surface area contributed by atoms with Crippen LogP contribution in [0.1, 0.15) is 0 Å². The molecule has 0 aliphatic carbocycles. The van der Waals surface area contributed by atoms with E-state index < -0.39 is 16.4 Å². The fourth-order valence-electron chi connectivity index (χ4n) is 0.765. The first-order chi connectivity index (χ1) is 5.52. The van der Waals surface area contributed by atoms with E-state index in [1.165, 1.54) is 0 Å². The number of anilines is 1. The second-order valence-corrected chi connectivity index (χ2v) is 2.16. The first-order valence-electron chi connectivity index (χ1n) is 2.98. The molecule has 1 aromatic carbocycles. The lowest BCUT2D eigenvalue weighted by molar-refractivity contribution is -0.385. The highest BCUT2D eigenvalue weighted by Gasteiger charge is 2.16. The number of nitro groups is 1. The molecule has 0 aromatic heterocycles. The van der Waals surface area contributed by atoms with E-state index in [2.05, 4.69) is 0 Å². The van der Waals surface area contributed by atoms with Crippen molar-refractivity contribution < 1.29 is 15.1 Å². The lowest BCUT2D eigenvalue weighted by Crippen LogP contribution is -1.92. The zero-order valence-electron chi connectivity index (χ0n) is 5.89. The van der Waals surface area contributed by atoms with Crippen LogP contribution in [0.3, 0.4) is 0 Å². The highest BCUT2D eigenvalue weighted by atomic mass is 16.6. The van der Waals surface area contributed by atoms with Crippen LogP contribution in [-0.4, -0.2) is 15.1 Å². The van der Waals surface area contributed by atoms with Gasteiger partial charge in [-0.05, 0) is 0 Å². The molecule has 0 bridgehead atoms. The highest BCUT2D eigenvalue weighted by Crippen LogP contribution is 2.35. The summed E-state index contributed by atoms with van der Waals surface area (Å²) in [4.78, 5) is 9.38. The lowest BCUT2D eigenvalue weighted by atomic mass is 10.2. The molecule has 0 radical (unpaired) electrons. The first-order valence-corrected chi connectivity index (χ1v) is 2.98. The molecule has 12 heavy (non-hydrogen) atoms. The summed E-state index contributed by atoms with van der Waals surface area (Å²) in [5.74, 6) is -0.977. The molecule has 0 aliphatic rings. The van der Waals surface area contributed by atoms with Crippen molar-refractivity contribution in [3.8, 4) is 11.5 Å². The fraction of sp³-hybridized carbons (Fsp3) is 0. The van der Waals surface area contributed by atoms with E-state index in [0.717, 1.165) is 12.1 Å². The molecule has 0 atom stereocenters. The predicted octanol–water partition coefficient (Wildman–Crippen LogP) is 0.588. The number of nitrogens with two attached hydrogens (primary N) is 1. The molecule has 1 aromatic rings. The predicted molar refractivity (Wildman–Crippen MR) is 40.8 cm³/mol. The number of nitrogen functional groups attached to an aromatic ring is 1. The molecule has 64 valence electrons. The van der Waals surface area contributed by atoms with Crippen LogP contribution in [0.5, 0.6) is 11.5 Å². The number of aromatic hydroxyl groups is 2. The van der Waals surface area contributed by atoms with Crippen molar-refractivity contribution in [2.45, 2.75) is 0 Å². The molecule has 0 saturated heterocycles. The van der Waals surface area contributed by atoms with Crippen molar-refractivity contribution in [2.24, 2.45) is 0 Å². The Balaban J connectivity index is 3.37. The van der Waals surface area contributed by atoms with Crippen molar-refractivity contribution >= 4 is 11.4 Å². The Hall–Kier alpha value is -1.98. The molecule has 0 fully saturated rings. The average molecular weight is 170 g/mol. The molecule has 0 spiro atoms. The molecular formula is C6H6N2O4. The quantitative estimate of drug-likeness (QED) is 0.188. The molecule has 0 heterocycles. The minimum absolute atomic E-state index is 0.221. The second kappa shape index (κ2) is 2.57. The minimum Gasteiger partial charge on any atom is -0.508 e. The van der Waals surface area contributed by atoms with Crippen LogP contribution in [0, 0.1) is 10.1 Å². The smallest absolute Gasteiger partial charge is 0.316 e. The van der Waals surface area contributed by atoms with Gasteiger partial charge in [-0.15, -0.1) is 0 Å². The Morgan fingerprint density at radius 1 is 1.42 bits per heavy atom. The standard InChI is InChI=1S/C6H6N2O4/c7-4-1-3(9)2-5(6(4)10)8(11)12/h1-2,9-10H,7H2. The van der Waals surface area contributed by atoms with Gasteiger partial charge in [0.1, 0.15) is 5.75 Å². The van der Waals surface area contributed by atoms with Crippen molar-refractivity contribution in [2.75, 3.05) is 5.73 Å². The zero-order chi connectivity index (χ0) is 9.30. The summed E-state index contributed by atoms with van der Waals surface area (Å²) in [6.07, 6.45) is 0. The van der Waals surface area contributed by atoms with Gasteiger partial charge in [0.15, 0.2) is 0 Å². The third kappa shape index (κ3) is 1.22. The number of rotatable bonds is 1. The summed E-state index contributed by atoms with van der Waals surface area (Å²) in [7, 11) is 0. The molecule has 0 saturated carbocycles. The van der Waals surface area contributed by atoms with Crippen molar-refractivity contribution in [1.29, 1.82) is 0 Å². The van der Waals surface area contributed by atoms with Crippen LogP contribution in [-0.2, 0) is 0 Å². The van der Waals surface area contributed by atoms with Crippen LogP contribution >= 0.6 is 0 Å². The molecule has 1 rings (SSSR count). The second-order valence-electron chi connectivity index (χ2n) is 2.16. The van der Waals surface area contributed by atoms with Gasteiger partial charge >= 0.3 is 5.69 Å². The molecule has 0 aliphatic heterocycles. The van der Waals surface area contributed by atoms with Gasteiger partial charge in [0, 0.05) is 6.07 Å². The maximum absolute atomic E-state index is 10.2. The Morgan fingerprint density at radius 2 is 2.00 bits per heavy atom. The third-order valence-electron chi connectivity index (χ3n) is 1.30. The van der Waals surface area contributed by atoms with E-state index in [-0.39, 0.29) is 11.4 Å². The Bertz CT molecular complexity index is 337. The summed E-state index contributed by atoms with van der Waals surface area (Å²) in [6.45, 7) is 0. The summed E-state index contributed by atoms with van der Waals surface area (Å²) in [5.41, 5.74) is 4.32. The topological polar surface area (TPSA) is 110 Å². The summed E-state index contributed by atoms with van der Waals surface area (Å²) < 4.78 is 0. The fourth-order valence-corrected chi connectivity index (χ4v) is 0.765. The van der Waals surface area contributed by atoms with Gasteiger partial charge in [0.25, 0.3) is 0 Å². The number of hydrogen-bond donors (Lipinski definition) is 3. The molecule has 6 nitrogen and oxygen atoms in total. The van der Waals surface area contributed by atoms with Gasteiger partial charge in [-0.25, -0.2) is 0 Å². The van der Waals surface area contributed by atoms with Crippen LogP contribution in [0.25, 0.3) is 0 Å². The van der Waals surface area contributed by atoms with Gasteiger partial charge in [-0.3, -0.25) is 10.1 Å². The number of nitro benzene ring substituents is 1. The van der Waals surface area contributed by atoms with Crippen molar-refractivity contribution in [3.05, 3.63) is 22.2 Å². The molecule has 0 amide bonds. The van der Waals surface area contributed by atoms with Gasteiger partial charge in [-0.2, -0.15) is 0 Å². The summed E-state index contributed by atoms with van der Waals surface area (Å²) in [6, 6.07) is 1.86. The number of phenolic OH excluding ortho intramolecular Hbond substituents is 2. The third-order valence-corrected chi connectivity index (χ3v) is 1.30. The van der Waals surface area contributed by atoms with E-state index in [1.807, 2.05) is 0 Å². The van der Waals surface area contributed by atoms with Crippen LogP contribution in [0.2, 0.25) is 0 Å². The highest BCUT2D eigenvalue weighted by molar-refractivity contribution is 5.65. The normalized spacial score (nSPS) is 9.67. The van der Waals surface area contributed by atoms with Gasteiger partial charge in [0.05, 0.1) is 16.7 Å². The van der Waals surface area contributed by atoms with Crippen molar-refractivity contribution in [3.63, 3.8) is 0 Å². The van der Waals surface area contributed by atoms with Gasteiger partial charge in [-0.1, -0.05) is 0 Å². The molecule has 4 N–H and O–H groups in total. The largest absolute Gasteiger partial charge is 0.508 e. The number of benzene rings is 1. The Labute approximate surface area is 67.0 Å². The number of hydrogen-bond acceptors (Lipinski definition) is 5. The maximum Gasteiger partial charge on any atom is 0.316 e. The monoisotopic (exact) mass is 170 g/mol. The van der Waals surface area contributed by atoms with Crippen LogP contribution in [0.15, 0.2) is 12.1 Å². The SMILES string of the molecule is Nc1cc(O)cc([N+](=O)[O-])c1O. The van der Waals surface area contributed by atoms with E-state index >= 15 is 0 Å². The van der Waals surface area contributed by atoms with E-state index in [4.69, 9.17) is 15.9 Å². The number of phenols is 2. The first kappa shape index (κ1) is 8.12. The van der Waals surface area contributed by atoms with Crippen molar-refractivity contribution in [1.82, 2.24) is 0 Å². The zero-order valence-corrected chi connectivity index (χ0v) is 5.89. The number of nitrogens with zero attached hydrogens (tertiary/aromatic N) is 1. The summed E-state index contributed by atoms with van der Waals surface area (Å²) in [5, 5.41) is 28.1. The van der Waals surface area contributed by atoms with E-state index in [1.54, 1.807) is 0 Å². The van der Waals surface area contributed by atoms with Gasteiger partial charge in [0.2, 0.25) is 5.75 Å². The Kier molecular flexibility index (Phi) is 1.74. The lowest BCUT2D eigenvalue weighted by Gasteiger charge is -1.99. The van der Waals surface area contributed by atoms with Crippen LogP contribution in [0.4, 0.5) is 11.4 Å². The summed E-state index contributed by atoms with van der Waals surface area (Å²) >= 11 is 0. The average Bonchev–Trinajstić information content (AvgIpc) is 1.96. The maximum atomic E-state index is 10.2. The Morgan fingerprint density at radius 3 is 2.50 bits per heavy atom. The van der Waals surface area contributed by atoms with Gasteiger partial charge < -0.3 is 15.9 Å². The molecule has 6 heteroatoms. The van der Waals surface area contributed by atoms with Crippen LogP contribution < -0.4 is 5.73 Å². The van der Waals surface area contributed by atoms with E-state index in [0.29, 0.717) is 0 Å². The molecule has 0 unspecified atom stereocenters. The van der Waals surface area contributed by atoms with E-state index in [9.17, 15) is 10.1 Å². The minimum atomic E-state index is -0.828. The molecular weight excluding hydrogens is 164 g/mol.